The standard InChI is InChI=1S/C8H13NO/c1-4-8(5-2)6-9-7(3)10/h4,6,10H,3,5H2,1-2H3/b8-4-,9-6-. The molecule has 0 heterocycles. The van der Waals surface area contributed by atoms with E-state index >= 15 is 0 Å². The number of aliphatic hydroxyl groups is 1. The van der Waals surface area contributed by atoms with E-state index in [1.54, 1.807) is 6.21 Å². The molecule has 0 radical (unpaired) electrons. The second-order valence-corrected chi connectivity index (χ2v) is 1.89. The molecule has 0 saturated heterocycles. The first-order valence-corrected chi connectivity index (χ1v) is 3.27. The predicted molar refractivity (Wildman–Crippen MR) is 44.3 cm³/mol. The third-order valence-electron chi connectivity index (χ3n) is 1.16. The zero-order chi connectivity index (χ0) is 7.98. The second kappa shape index (κ2) is 4.79. The highest BCUT2D eigenvalue weighted by Gasteiger charge is 1.84. The molecule has 0 aliphatic heterocycles. The fourth-order valence-corrected chi connectivity index (χ4v) is 0.527. The van der Waals surface area contributed by atoms with Crippen LogP contribution in [0.5, 0.6) is 0 Å². The molecule has 1 N–H and O–H groups in total. The smallest absolute Gasteiger partial charge is 0.203 e. The Morgan fingerprint density at radius 1 is 1.70 bits per heavy atom. The Kier molecular flexibility index (Phi) is 4.29. The van der Waals surface area contributed by atoms with Gasteiger partial charge in [0.15, 0.2) is 0 Å². The maximum Gasteiger partial charge on any atom is 0.203 e. The lowest BCUT2D eigenvalue weighted by molar-refractivity contribution is 0.410. The van der Waals surface area contributed by atoms with E-state index in [2.05, 4.69) is 11.6 Å². The van der Waals surface area contributed by atoms with Gasteiger partial charge in [-0.1, -0.05) is 13.0 Å². The number of hydrogen-bond acceptors (Lipinski definition) is 2. The Balaban J connectivity index is 3.98. The summed E-state index contributed by atoms with van der Waals surface area (Å²) in [5.41, 5.74) is 1.09. The third kappa shape index (κ3) is 3.89. The van der Waals surface area contributed by atoms with E-state index in [4.69, 9.17) is 5.11 Å². The van der Waals surface area contributed by atoms with Crippen molar-refractivity contribution in [3.8, 4) is 0 Å². The van der Waals surface area contributed by atoms with E-state index in [1.807, 2.05) is 19.9 Å². The number of rotatable bonds is 3. The fourth-order valence-electron chi connectivity index (χ4n) is 0.527. The molecule has 2 nitrogen and oxygen atoms in total. The van der Waals surface area contributed by atoms with E-state index in [0.29, 0.717) is 0 Å². The highest BCUT2D eigenvalue weighted by Crippen LogP contribution is 1.96. The van der Waals surface area contributed by atoms with E-state index in [1.165, 1.54) is 0 Å². The molecule has 0 aliphatic carbocycles. The van der Waals surface area contributed by atoms with Crippen LogP contribution >= 0.6 is 0 Å². The first-order valence-electron chi connectivity index (χ1n) is 3.27. The molecule has 0 aliphatic rings. The van der Waals surface area contributed by atoms with Crippen molar-refractivity contribution in [2.45, 2.75) is 20.3 Å². The summed E-state index contributed by atoms with van der Waals surface area (Å²) in [5.74, 6) is -0.146. The van der Waals surface area contributed by atoms with Crippen LogP contribution in [0, 0.1) is 0 Å². The molecule has 0 unspecified atom stereocenters. The van der Waals surface area contributed by atoms with Gasteiger partial charge in [-0.25, -0.2) is 4.99 Å². The topological polar surface area (TPSA) is 32.6 Å². The van der Waals surface area contributed by atoms with Gasteiger partial charge in [0.1, 0.15) is 0 Å². The fraction of sp³-hybridized carbons (Fsp3) is 0.375. The summed E-state index contributed by atoms with van der Waals surface area (Å²) in [7, 11) is 0. The Labute approximate surface area is 61.6 Å². The monoisotopic (exact) mass is 139 g/mol. The average Bonchev–Trinajstić information content (AvgIpc) is 1.90. The van der Waals surface area contributed by atoms with Crippen molar-refractivity contribution < 1.29 is 5.11 Å². The van der Waals surface area contributed by atoms with Crippen LogP contribution in [-0.4, -0.2) is 11.3 Å². The molecule has 10 heavy (non-hydrogen) atoms. The van der Waals surface area contributed by atoms with Gasteiger partial charge in [0.05, 0.1) is 0 Å². The maximum absolute atomic E-state index is 8.57. The van der Waals surface area contributed by atoms with Crippen LogP contribution in [-0.2, 0) is 0 Å². The summed E-state index contributed by atoms with van der Waals surface area (Å²) in [4.78, 5) is 3.63. The van der Waals surface area contributed by atoms with Crippen LogP contribution in [0.15, 0.2) is 29.1 Å². The van der Waals surface area contributed by atoms with E-state index in [0.717, 1.165) is 12.0 Å². The van der Waals surface area contributed by atoms with Gasteiger partial charge in [0.25, 0.3) is 0 Å². The minimum Gasteiger partial charge on any atom is -0.494 e. The molecule has 0 spiro atoms. The summed E-state index contributed by atoms with van der Waals surface area (Å²) >= 11 is 0. The zero-order valence-corrected chi connectivity index (χ0v) is 6.46. The number of hydrogen-bond donors (Lipinski definition) is 1. The van der Waals surface area contributed by atoms with Crippen molar-refractivity contribution in [1.29, 1.82) is 0 Å². The van der Waals surface area contributed by atoms with Gasteiger partial charge in [-0.15, -0.1) is 0 Å². The second-order valence-electron chi connectivity index (χ2n) is 1.89. The van der Waals surface area contributed by atoms with Crippen LogP contribution in [0.1, 0.15) is 20.3 Å². The molecule has 0 fully saturated rings. The van der Waals surface area contributed by atoms with Crippen molar-refractivity contribution >= 4 is 6.21 Å². The minimum atomic E-state index is -0.146. The molecular formula is C8H13NO. The molecule has 0 atom stereocenters. The van der Waals surface area contributed by atoms with Gasteiger partial charge in [-0.3, -0.25) is 0 Å². The molecule has 0 aromatic heterocycles. The van der Waals surface area contributed by atoms with Crippen LogP contribution in [0.4, 0.5) is 0 Å². The molecule has 2 heteroatoms. The summed E-state index contributed by atoms with van der Waals surface area (Å²) in [5, 5.41) is 8.57. The third-order valence-corrected chi connectivity index (χ3v) is 1.16. The van der Waals surface area contributed by atoms with Crippen LogP contribution in [0.2, 0.25) is 0 Å². The molecule has 0 rings (SSSR count). The Bertz CT molecular complexity index is 168. The molecule has 56 valence electrons. The van der Waals surface area contributed by atoms with Crippen molar-refractivity contribution in [3.63, 3.8) is 0 Å². The first-order chi connectivity index (χ1) is 4.70. The van der Waals surface area contributed by atoms with E-state index < -0.39 is 0 Å². The Morgan fingerprint density at radius 2 is 2.30 bits per heavy atom. The Morgan fingerprint density at radius 3 is 2.60 bits per heavy atom. The van der Waals surface area contributed by atoms with Crippen molar-refractivity contribution in [1.82, 2.24) is 0 Å². The molecule has 0 aromatic carbocycles. The molecule has 0 bridgehead atoms. The maximum atomic E-state index is 8.57. The van der Waals surface area contributed by atoms with Crippen LogP contribution in [0.25, 0.3) is 0 Å². The lowest BCUT2D eigenvalue weighted by Crippen LogP contribution is -1.81. The van der Waals surface area contributed by atoms with Crippen LogP contribution in [0.3, 0.4) is 0 Å². The largest absolute Gasteiger partial charge is 0.494 e. The minimum absolute atomic E-state index is 0.146. The predicted octanol–water partition coefficient (Wildman–Crippen LogP) is 2.44. The number of allylic oxidation sites excluding steroid dienone is 2. The zero-order valence-electron chi connectivity index (χ0n) is 6.46. The summed E-state index contributed by atoms with van der Waals surface area (Å²) in [6.45, 7) is 7.19. The Hall–Kier alpha value is -1.05. The normalized spacial score (nSPS) is 12.4. The van der Waals surface area contributed by atoms with Gasteiger partial charge >= 0.3 is 0 Å². The van der Waals surface area contributed by atoms with E-state index in [9.17, 15) is 0 Å². The highest BCUT2D eigenvalue weighted by molar-refractivity contribution is 5.78. The molecule has 0 amide bonds. The van der Waals surface area contributed by atoms with Crippen molar-refractivity contribution in [3.05, 3.63) is 24.1 Å². The average molecular weight is 139 g/mol. The van der Waals surface area contributed by atoms with Gasteiger partial charge in [0.2, 0.25) is 5.88 Å². The quantitative estimate of drug-likeness (QED) is 0.472. The van der Waals surface area contributed by atoms with Gasteiger partial charge in [0, 0.05) is 6.21 Å². The lowest BCUT2D eigenvalue weighted by Gasteiger charge is -1.91. The SMILES string of the molecule is C=C(O)/N=C\C(=C/C)CC. The number of aliphatic hydroxyl groups excluding tert-OH is 1. The van der Waals surface area contributed by atoms with Gasteiger partial charge in [-0.05, 0) is 25.5 Å². The van der Waals surface area contributed by atoms with Crippen molar-refractivity contribution in [2.24, 2.45) is 4.99 Å². The lowest BCUT2D eigenvalue weighted by atomic mass is 10.2. The molecule has 0 saturated carbocycles. The summed E-state index contributed by atoms with van der Waals surface area (Å²) < 4.78 is 0. The summed E-state index contributed by atoms with van der Waals surface area (Å²) in [6.07, 6.45) is 4.49. The molecular weight excluding hydrogens is 126 g/mol. The number of nitrogens with zero attached hydrogens (tertiary/aromatic N) is 1. The van der Waals surface area contributed by atoms with Crippen LogP contribution < -0.4 is 0 Å². The summed E-state index contributed by atoms with van der Waals surface area (Å²) in [6, 6.07) is 0. The molecule has 0 aromatic rings. The van der Waals surface area contributed by atoms with Gasteiger partial charge in [-0.2, -0.15) is 0 Å². The highest BCUT2D eigenvalue weighted by atomic mass is 16.3. The van der Waals surface area contributed by atoms with Crippen molar-refractivity contribution in [2.75, 3.05) is 0 Å². The van der Waals surface area contributed by atoms with E-state index in [-0.39, 0.29) is 5.88 Å². The number of aliphatic imine (C=N–C) groups is 1. The van der Waals surface area contributed by atoms with Gasteiger partial charge < -0.3 is 5.11 Å². The first kappa shape index (κ1) is 8.95.